The number of hydrogen-bond acceptors (Lipinski definition) is 3. The SMILES string of the molecule is CCCOCCNC(C)(C(=O)O)C(F)(F)F. The van der Waals surface area contributed by atoms with Crippen LogP contribution in [0.15, 0.2) is 0 Å². The molecule has 1 unspecified atom stereocenters. The first-order valence-electron chi connectivity index (χ1n) is 4.88. The number of carboxylic acid groups (broad SMARTS) is 1. The fourth-order valence-corrected chi connectivity index (χ4v) is 0.917. The maximum Gasteiger partial charge on any atom is 0.417 e. The van der Waals surface area contributed by atoms with Gasteiger partial charge in [-0.15, -0.1) is 0 Å². The summed E-state index contributed by atoms with van der Waals surface area (Å²) in [5.74, 6) is -1.95. The Hall–Kier alpha value is -0.820. The number of aliphatic carboxylic acids is 1. The highest BCUT2D eigenvalue weighted by Crippen LogP contribution is 2.30. The van der Waals surface area contributed by atoms with Crippen molar-refractivity contribution in [2.75, 3.05) is 19.8 Å². The maximum atomic E-state index is 12.4. The predicted octanol–water partition coefficient (Wildman–Crippen LogP) is 1.41. The summed E-state index contributed by atoms with van der Waals surface area (Å²) in [4.78, 5) is 10.6. The predicted molar refractivity (Wildman–Crippen MR) is 51.2 cm³/mol. The van der Waals surface area contributed by atoms with Gasteiger partial charge in [0.05, 0.1) is 6.61 Å². The molecule has 96 valence electrons. The molecule has 0 aliphatic carbocycles. The monoisotopic (exact) mass is 243 g/mol. The molecule has 0 bridgehead atoms. The average Bonchev–Trinajstić information content (AvgIpc) is 2.15. The molecule has 0 aromatic heterocycles. The van der Waals surface area contributed by atoms with E-state index in [0.29, 0.717) is 13.5 Å². The Morgan fingerprint density at radius 1 is 1.38 bits per heavy atom. The van der Waals surface area contributed by atoms with Crippen LogP contribution in [-0.4, -0.2) is 42.5 Å². The van der Waals surface area contributed by atoms with Crippen molar-refractivity contribution in [1.29, 1.82) is 0 Å². The molecule has 1 atom stereocenters. The summed E-state index contributed by atoms with van der Waals surface area (Å²) in [6.45, 7) is 2.78. The molecule has 0 fully saturated rings. The van der Waals surface area contributed by atoms with Crippen LogP contribution in [0.25, 0.3) is 0 Å². The van der Waals surface area contributed by atoms with Crippen molar-refractivity contribution in [2.24, 2.45) is 0 Å². The zero-order valence-electron chi connectivity index (χ0n) is 9.23. The van der Waals surface area contributed by atoms with Gasteiger partial charge < -0.3 is 9.84 Å². The molecule has 0 aliphatic rings. The zero-order chi connectivity index (χ0) is 12.8. The molecule has 4 nitrogen and oxygen atoms in total. The molecule has 0 aromatic rings. The van der Waals surface area contributed by atoms with Gasteiger partial charge in [0.1, 0.15) is 0 Å². The summed E-state index contributed by atoms with van der Waals surface area (Å²) < 4.78 is 42.3. The number of carbonyl (C=O) groups is 1. The molecule has 0 spiro atoms. The lowest BCUT2D eigenvalue weighted by Gasteiger charge is -2.28. The first kappa shape index (κ1) is 15.2. The van der Waals surface area contributed by atoms with Crippen molar-refractivity contribution in [3.63, 3.8) is 0 Å². The first-order valence-corrected chi connectivity index (χ1v) is 4.88. The van der Waals surface area contributed by atoms with E-state index in [9.17, 15) is 18.0 Å². The van der Waals surface area contributed by atoms with E-state index in [1.807, 2.05) is 12.2 Å². The second-order valence-corrected chi connectivity index (χ2v) is 3.47. The third-order valence-corrected chi connectivity index (χ3v) is 2.07. The minimum absolute atomic E-state index is 0.0484. The first-order chi connectivity index (χ1) is 7.25. The van der Waals surface area contributed by atoms with Crippen molar-refractivity contribution in [2.45, 2.75) is 32.0 Å². The largest absolute Gasteiger partial charge is 0.480 e. The van der Waals surface area contributed by atoms with Crippen LogP contribution < -0.4 is 5.32 Å². The van der Waals surface area contributed by atoms with Gasteiger partial charge in [-0.1, -0.05) is 6.92 Å². The third kappa shape index (κ3) is 3.97. The zero-order valence-corrected chi connectivity index (χ0v) is 9.23. The molecule has 7 heteroatoms. The lowest BCUT2D eigenvalue weighted by molar-refractivity contribution is -0.206. The van der Waals surface area contributed by atoms with Crippen LogP contribution >= 0.6 is 0 Å². The summed E-state index contributed by atoms with van der Waals surface area (Å²) in [7, 11) is 0. The Balaban J connectivity index is 4.21. The van der Waals surface area contributed by atoms with Gasteiger partial charge in [-0.2, -0.15) is 13.2 Å². The number of hydrogen-bond donors (Lipinski definition) is 2. The van der Waals surface area contributed by atoms with Crippen LogP contribution in [0.1, 0.15) is 20.3 Å². The number of ether oxygens (including phenoxy) is 1. The van der Waals surface area contributed by atoms with E-state index in [1.165, 1.54) is 0 Å². The minimum Gasteiger partial charge on any atom is -0.480 e. The highest BCUT2D eigenvalue weighted by atomic mass is 19.4. The van der Waals surface area contributed by atoms with Crippen LogP contribution in [0, 0.1) is 0 Å². The Morgan fingerprint density at radius 3 is 2.31 bits per heavy atom. The summed E-state index contributed by atoms with van der Waals surface area (Å²) in [5, 5.41) is 10.5. The average molecular weight is 243 g/mol. The van der Waals surface area contributed by atoms with E-state index in [-0.39, 0.29) is 13.2 Å². The van der Waals surface area contributed by atoms with Gasteiger partial charge in [-0.05, 0) is 13.3 Å². The Kier molecular flexibility index (Phi) is 5.74. The number of alkyl halides is 3. The summed E-state index contributed by atoms with van der Waals surface area (Å²) in [6.07, 6.45) is -4.08. The van der Waals surface area contributed by atoms with Crippen molar-refractivity contribution in [3.8, 4) is 0 Å². The molecule has 0 rings (SSSR count). The van der Waals surface area contributed by atoms with Crippen LogP contribution in [0.3, 0.4) is 0 Å². The fraction of sp³-hybridized carbons (Fsp3) is 0.889. The van der Waals surface area contributed by atoms with Crippen LogP contribution in [0.4, 0.5) is 13.2 Å². The summed E-state index contributed by atoms with van der Waals surface area (Å²) in [6, 6.07) is 0. The smallest absolute Gasteiger partial charge is 0.417 e. The molecule has 0 saturated carbocycles. The highest BCUT2D eigenvalue weighted by molar-refractivity contribution is 5.79. The van der Waals surface area contributed by atoms with Gasteiger partial charge in [-0.25, -0.2) is 4.79 Å². The standard InChI is InChI=1S/C9H16F3NO3/c1-3-5-16-6-4-13-8(2,7(14)15)9(10,11)12/h13H,3-6H2,1-2H3,(H,14,15). The molecule has 0 radical (unpaired) electrons. The van der Waals surface area contributed by atoms with Gasteiger partial charge in [0.2, 0.25) is 5.54 Å². The molecular formula is C9H16F3NO3. The van der Waals surface area contributed by atoms with Crippen LogP contribution in [-0.2, 0) is 9.53 Å². The summed E-state index contributed by atoms with van der Waals surface area (Å²) >= 11 is 0. The quantitative estimate of drug-likeness (QED) is 0.664. The van der Waals surface area contributed by atoms with Crippen molar-refractivity contribution in [1.82, 2.24) is 5.32 Å². The lowest BCUT2D eigenvalue weighted by Crippen LogP contribution is -2.60. The second kappa shape index (κ2) is 6.05. The number of halogens is 3. The van der Waals surface area contributed by atoms with Crippen LogP contribution in [0.5, 0.6) is 0 Å². The number of rotatable bonds is 7. The Morgan fingerprint density at radius 2 is 1.94 bits per heavy atom. The Bertz CT molecular complexity index is 233. The number of nitrogens with one attached hydrogen (secondary N) is 1. The molecular weight excluding hydrogens is 227 g/mol. The molecule has 16 heavy (non-hydrogen) atoms. The van der Waals surface area contributed by atoms with Gasteiger partial charge >= 0.3 is 12.1 Å². The molecule has 0 aliphatic heterocycles. The second-order valence-electron chi connectivity index (χ2n) is 3.47. The van der Waals surface area contributed by atoms with Gasteiger partial charge in [0, 0.05) is 13.2 Å². The molecule has 0 amide bonds. The molecule has 0 heterocycles. The normalized spacial score (nSPS) is 15.8. The van der Waals surface area contributed by atoms with Crippen LogP contribution in [0.2, 0.25) is 0 Å². The van der Waals surface area contributed by atoms with Crippen molar-refractivity contribution in [3.05, 3.63) is 0 Å². The lowest BCUT2D eigenvalue weighted by atomic mass is 10.0. The fourth-order valence-electron chi connectivity index (χ4n) is 0.917. The highest BCUT2D eigenvalue weighted by Gasteiger charge is 2.56. The topological polar surface area (TPSA) is 58.6 Å². The molecule has 0 aromatic carbocycles. The molecule has 0 saturated heterocycles. The van der Waals surface area contributed by atoms with E-state index < -0.39 is 17.7 Å². The van der Waals surface area contributed by atoms with E-state index >= 15 is 0 Å². The van der Waals surface area contributed by atoms with E-state index in [0.717, 1.165) is 6.42 Å². The van der Waals surface area contributed by atoms with Crippen molar-refractivity contribution >= 4 is 5.97 Å². The van der Waals surface area contributed by atoms with E-state index in [2.05, 4.69) is 0 Å². The third-order valence-electron chi connectivity index (χ3n) is 2.07. The van der Waals surface area contributed by atoms with E-state index in [1.54, 1.807) is 0 Å². The Labute approximate surface area is 91.8 Å². The van der Waals surface area contributed by atoms with Gasteiger partial charge in [0.15, 0.2) is 0 Å². The minimum atomic E-state index is -4.84. The van der Waals surface area contributed by atoms with Crippen molar-refractivity contribution < 1.29 is 27.8 Å². The maximum absolute atomic E-state index is 12.4. The van der Waals surface area contributed by atoms with E-state index in [4.69, 9.17) is 9.84 Å². The molecule has 2 N–H and O–H groups in total. The summed E-state index contributed by atoms with van der Waals surface area (Å²) in [5.41, 5.74) is -2.93. The number of carboxylic acids is 1. The van der Waals surface area contributed by atoms with Gasteiger partial charge in [0.25, 0.3) is 0 Å². The van der Waals surface area contributed by atoms with Gasteiger partial charge in [-0.3, -0.25) is 5.32 Å².